The smallest absolute Gasteiger partial charge is 0.0505 e. The molecule has 24 heavy (non-hydrogen) atoms. The zero-order valence-electron chi connectivity index (χ0n) is 15.5. The van der Waals surface area contributed by atoms with E-state index in [1.54, 1.807) is 11.3 Å². The topological polar surface area (TPSA) is 11.4 Å². The van der Waals surface area contributed by atoms with Crippen LogP contribution in [0.5, 0.6) is 0 Å². The van der Waals surface area contributed by atoms with Crippen molar-refractivity contribution in [2.75, 3.05) is 32.7 Å². The molecule has 0 spiro atoms. The Kier molecular flexibility index (Phi) is 4.40. The number of rotatable bonds is 5. The van der Waals surface area contributed by atoms with Gasteiger partial charge in [-0.2, -0.15) is 0 Å². The van der Waals surface area contributed by atoms with Crippen LogP contribution in [0.15, 0.2) is 18.2 Å². The number of nitrogens with zero attached hydrogens (tertiary/aromatic N) is 3. The van der Waals surface area contributed by atoms with E-state index in [0.29, 0.717) is 6.04 Å². The highest BCUT2D eigenvalue weighted by molar-refractivity contribution is 5.87. The summed E-state index contributed by atoms with van der Waals surface area (Å²) >= 11 is 0. The fourth-order valence-corrected chi connectivity index (χ4v) is 4.87. The van der Waals surface area contributed by atoms with Crippen LogP contribution in [0.3, 0.4) is 0 Å². The van der Waals surface area contributed by atoms with Gasteiger partial charge in [-0.15, -0.1) is 0 Å². The molecule has 2 aromatic rings. The third-order valence-corrected chi connectivity index (χ3v) is 6.24. The van der Waals surface area contributed by atoms with Crippen LogP contribution in [-0.2, 0) is 13.0 Å². The number of aromatic nitrogens is 1. The van der Waals surface area contributed by atoms with Crippen molar-refractivity contribution in [3.05, 3.63) is 35.0 Å². The van der Waals surface area contributed by atoms with Crippen LogP contribution in [0.4, 0.5) is 0 Å². The van der Waals surface area contributed by atoms with Gasteiger partial charge in [0.1, 0.15) is 0 Å². The summed E-state index contributed by atoms with van der Waals surface area (Å²) in [5.41, 5.74) is 6.16. The quantitative estimate of drug-likeness (QED) is 0.823. The van der Waals surface area contributed by atoms with Crippen LogP contribution in [0.1, 0.15) is 49.6 Å². The lowest BCUT2D eigenvalue weighted by atomic mass is 9.89. The maximum Gasteiger partial charge on any atom is 0.0505 e. The zero-order chi connectivity index (χ0) is 16.7. The fourth-order valence-electron chi connectivity index (χ4n) is 4.87. The van der Waals surface area contributed by atoms with E-state index < -0.39 is 0 Å². The van der Waals surface area contributed by atoms with Crippen molar-refractivity contribution in [3.63, 3.8) is 0 Å². The Balaban J connectivity index is 1.67. The van der Waals surface area contributed by atoms with Crippen LogP contribution in [-0.4, -0.2) is 47.1 Å². The maximum atomic E-state index is 2.77. The van der Waals surface area contributed by atoms with Gasteiger partial charge in [0.2, 0.25) is 0 Å². The van der Waals surface area contributed by atoms with Crippen LogP contribution >= 0.6 is 0 Å². The van der Waals surface area contributed by atoms with Crippen molar-refractivity contribution in [3.8, 4) is 0 Å². The molecular formula is C21H31N3. The average Bonchev–Trinajstić information content (AvgIpc) is 2.92. The van der Waals surface area contributed by atoms with Crippen LogP contribution in [0.25, 0.3) is 10.9 Å². The third kappa shape index (κ3) is 2.58. The Morgan fingerprint density at radius 2 is 2.00 bits per heavy atom. The minimum Gasteiger partial charge on any atom is -0.342 e. The highest BCUT2D eigenvalue weighted by atomic mass is 15.3. The predicted octanol–water partition coefficient (Wildman–Crippen LogP) is 3.98. The van der Waals surface area contributed by atoms with Crippen molar-refractivity contribution in [1.29, 1.82) is 0 Å². The summed E-state index contributed by atoms with van der Waals surface area (Å²) in [7, 11) is 0. The number of hydrogen-bond acceptors (Lipinski definition) is 2. The first-order chi connectivity index (χ1) is 11.7. The molecule has 1 atom stereocenters. The fraction of sp³-hybridized carbons (Fsp3) is 0.619. The first kappa shape index (κ1) is 16.2. The van der Waals surface area contributed by atoms with Crippen LogP contribution < -0.4 is 0 Å². The SMILES string of the molecule is CCN(CC)CCN1CCn2c3c(c4cc(C)ccc42)CCC[C@@H]31. The molecule has 1 aliphatic carbocycles. The lowest BCUT2D eigenvalue weighted by Gasteiger charge is -2.40. The van der Waals surface area contributed by atoms with Gasteiger partial charge in [0.15, 0.2) is 0 Å². The van der Waals surface area contributed by atoms with Gasteiger partial charge in [-0.05, 0) is 57.0 Å². The van der Waals surface area contributed by atoms with Gasteiger partial charge in [-0.25, -0.2) is 0 Å². The van der Waals surface area contributed by atoms with Crippen LogP contribution in [0, 0.1) is 6.92 Å². The van der Waals surface area contributed by atoms with Gasteiger partial charge in [-0.1, -0.05) is 25.5 Å². The average molecular weight is 326 g/mol. The number of benzene rings is 1. The van der Waals surface area contributed by atoms with Gasteiger partial charge >= 0.3 is 0 Å². The highest BCUT2D eigenvalue weighted by Crippen LogP contribution is 2.42. The van der Waals surface area contributed by atoms with Crippen molar-refractivity contribution >= 4 is 10.9 Å². The summed E-state index contributed by atoms with van der Waals surface area (Å²) < 4.78 is 2.64. The maximum absolute atomic E-state index is 2.77. The Morgan fingerprint density at radius 3 is 2.79 bits per heavy atom. The summed E-state index contributed by atoms with van der Waals surface area (Å²) in [5, 5.41) is 1.53. The van der Waals surface area contributed by atoms with Crippen molar-refractivity contribution in [1.82, 2.24) is 14.4 Å². The van der Waals surface area contributed by atoms with Gasteiger partial charge in [-0.3, -0.25) is 4.90 Å². The minimum absolute atomic E-state index is 0.644. The second-order valence-corrected chi connectivity index (χ2v) is 7.51. The van der Waals surface area contributed by atoms with E-state index >= 15 is 0 Å². The molecule has 1 aromatic heterocycles. The number of hydrogen-bond donors (Lipinski definition) is 0. The highest BCUT2D eigenvalue weighted by Gasteiger charge is 2.34. The zero-order valence-corrected chi connectivity index (χ0v) is 15.5. The standard InChI is InChI=1S/C21H31N3/c1-4-22(5-2)11-12-23-13-14-24-19-10-9-16(3)15-18(19)17-7-6-8-20(23)21(17)24/h9-10,15,20H,4-8,11-14H2,1-3H3/t20-/m0/s1. The number of likely N-dealkylation sites (N-methyl/N-ethyl adjacent to an activating group) is 1. The van der Waals surface area contributed by atoms with E-state index in [1.807, 2.05) is 0 Å². The molecule has 0 saturated heterocycles. The van der Waals surface area contributed by atoms with Crippen LogP contribution in [0.2, 0.25) is 0 Å². The third-order valence-electron chi connectivity index (χ3n) is 6.24. The normalized spacial score (nSPS) is 20.8. The molecule has 3 nitrogen and oxygen atoms in total. The van der Waals surface area contributed by atoms with Gasteiger partial charge < -0.3 is 9.47 Å². The largest absolute Gasteiger partial charge is 0.342 e. The molecule has 1 aliphatic heterocycles. The van der Waals surface area contributed by atoms with Gasteiger partial charge in [0, 0.05) is 42.8 Å². The summed E-state index contributed by atoms with van der Waals surface area (Å²) in [5.74, 6) is 0. The van der Waals surface area contributed by atoms with E-state index in [4.69, 9.17) is 0 Å². The summed E-state index contributed by atoms with van der Waals surface area (Å²) in [6.45, 7) is 13.9. The lowest BCUT2D eigenvalue weighted by molar-refractivity contribution is 0.122. The Hall–Kier alpha value is -1.32. The molecule has 2 heterocycles. The minimum atomic E-state index is 0.644. The molecule has 2 aliphatic rings. The van der Waals surface area contributed by atoms with Gasteiger partial charge in [0.25, 0.3) is 0 Å². The van der Waals surface area contributed by atoms with E-state index in [9.17, 15) is 0 Å². The predicted molar refractivity (Wildman–Crippen MR) is 102 cm³/mol. The number of aryl methyl sites for hydroxylation is 2. The Labute approximate surface area is 146 Å². The molecule has 0 bridgehead atoms. The molecule has 0 unspecified atom stereocenters. The molecule has 1 aromatic carbocycles. The molecule has 0 saturated carbocycles. The molecule has 0 N–H and O–H groups in total. The molecule has 4 rings (SSSR count). The molecule has 130 valence electrons. The Bertz CT molecular complexity index is 726. The summed E-state index contributed by atoms with van der Waals surface area (Å²) in [6, 6.07) is 7.69. The van der Waals surface area contributed by atoms with E-state index in [-0.39, 0.29) is 0 Å². The molecule has 0 fully saturated rings. The first-order valence-electron chi connectivity index (χ1n) is 9.81. The molecule has 0 amide bonds. The molecule has 0 radical (unpaired) electrons. The lowest BCUT2D eigenvalue weighted by Crippen LogP contribution is -2.43. The number of fused-ring (bicyclic) bond motifs is 3. The second kappa shape index (κ2) is 6.53. The first-order valence-corrected chi connectivity index (χ1v) is 9.81. The summed E-state index contributed by atoms with van der Waals surface area (Å²) in [6.07, 6.45) is 3.94. The van der Waals surface area contributed by atoms with Crippen molar-refractivity contribution in [2.45, 2.75) is 52.6 Å². The molecule has 3 heteroatoms. The molecular weight excluding hydrogens is 294 g/mol. The monoisotopic (exact) mass is 325 g/mol. The Morgan fingerprint density at radius 1 is 1.17 bits per heavy atom. The van der Waals surface area contributed by atoms with E-state index in [2.05, 4.69) is 53.3 Å². The summed E-state index contributed by atoms with van der Waals surface area (Å²) in [4.78, 5) is 5.32. The second-order valence-electron chi connectivity index (χ2n) is 7.51. The van der Waals surface area contributed by atoms with Crippen molar-refractivity contribution < 1.29 is 0 Å². The van der Waals surface area contributed by atoms with E-state index in [0.717, 1.165) is 6.54 Å². The van der Waals surface area contributed by atoms with Gasteiger partial charge in [0.05, 0.1) is 6.04 Å². The van der Waals surface area contributed by atoms with E-state index in [1.165, 1.54) is 68.5 Å². The van der Waals surface area contributed by atoms with Crippen molar-refractivity contribution in [2.24, 2.45) is 0 Å².